The van der Waals surface area contributed by atoms with E-state index in [1.165, 1.54) is 126 Å². The van der Waals surface area contributed by atoms with Gasteiger partial charge in [-0.05, 0) is 102 Å². The number of hydrogen-bond donors (Lipinski definition) is 0. The Kier molecular flexibility index (Phi) is 6.86. The van der Waals surface area contributed by atoms with Gasteiger partial charge >= 0.3 is 0 Å². The highest BCUT2D eigenvalue weighted by Gasteiger charge is 2.24. The first-order valence-corrected chi connectivity index (χ1v) is 21.5. The summed E-state index contributed by atoms with van der Waals surface area (Å²) in [6.45, 7) is 0. The van der Waals surface area contributed by atoms with Crippen LogP contribution < -0.4 is 0 Å². The summed E-state index contributed by atoms with van der Waals surface area (Å²) in [4.78, 5) is 0. The summed E-state index contributed by atoms with van der Waals surface area (Å²) in [5.41, 5.74) is 17.4. The maximum Gasteiger partial charge on any atom is 0.0619 e. The second-order valence-corrected chi connectivity index (χ2v) is 16.8. The quantitative estimate of drug-likeness (QED) is 0.168. The molecule has 2 nitrogen and oxygen atoms in total. The van der Waals surface area contributed by atoms with Gasteiger partial charge in [0.2, 0.25) is 0 Å². The highest BCUT2D eigenvalue weighted by molar-refractivity contribution is 6.21. The van der Waals surface area contributed by atoms with Gasteiger partial charge in [-0.25, -0.2) is 0 Å². The Morgan fingerprint density at radius 1 is 0.258 bits per heavy atom. The molecule has 14 rings (SSSR count). The number of rotatable bonds is 4. The maximum absolute atomic E-state index is 2.50. The molecule has 0 aliphatic heterocycles. The van der Waals surface area contributed by atoms with Crippen LogP contribution in [-0.2, 0) is 0 Å². The monoisotopic (exact) mass is 784 g/mol. The first-order chi connectivity index (χ1) is 30.8. The van der Waals surface area contributed by atoms with Crippen molar-refractivity contribution in [1.82, 2.24) is 9.13 Å². The molecule has 0 N–H and O–H groups in total. The molecule has 62 heavy (non-hydrogen) atoms. The zero-order valence-electron chi connectivity index (χ0n) is 33.7. The standard InChI is InChI=1S/C60H36N2/c1-2-14-40(15-3-1)61-57-35-38(29-31-50(57)54-32-27-37-13-4-5-16-41(37)60(54)61)39-28-30-49-48-19-8-9-25-55(48)62(58(49)36-39)56-26-12-21-43-42(20-10-22-47(43)56)46-33-34-53-45-18-7-6-17-44(45)51-23-11-24-52(46)59(51)53/h1-36H. The second kappa shape index (κ2) is 12.7. The summed E-state index contributed by atoms with van der Waals surface area (Å²) in [6.07, 6.45) is 0. The van der Waals surface area contributed by atoms with E-state index in [2.05, 4.69) is 228 Å². The fraction of sp³-hybridized carbons (Fsp3) is 0. The lowest BCUT2D eigenvalue weighted by Gasteiger charge is -2.16. The molecule has 0 bridgehead atoms. The average molecular weight is 785 g/mol. The van der Waals surface area contributed by atoms with Crippen LogP contribution in [0.25, 0.3) is 132 Å². The van der Waals surface area contributed by atoms with Gasteiger partial charge in [-0.15, -0.1) is 0 Å². The molecule has 0 amide bonds. The van der Waals surface area contributed by atoms with Crippen molar-refractivity contribution in [2.45, 2.75) is 0 Å². The lowest BCUT2D eigenvalue weighted by molar-refractivity contribution is 1.19. The van der Waals surface area contributed by atoms with Crippen LogP contribution in [0.1, 0.15) is 0 Å². The minimum atomic E-state index is 1.16. The van der Waals surface area contributed by atoms with Crippen LogP contribution in [0.4, 0.5) is 0 Å². The average Bonchev–Trinajstić information content (AvgIpc) is 3.98. The molecule has 0 fully saturated rings. The lowest BCUT2D eigenvalue weighted by Crippen LogP contribution is -1.96. The molecule has 11 aromatic carbocycles. The fourth-order valence-corrected chi connectivity index (χ4v) is 11.0. The van der Waals surface area contributed by atoms with Gasteiger partial charge in [0, 0.05) is 38.0 Å². The second-order valence-electron chi connectivity index (χ2n) is 16.8. The molecule has 286 valence electrons. The summed E-state index contributed by atoms with van der Waals surface area (Å²) < 4.78 is 4.95. The van der Waals surface area contributed by atoms with Crippen molar-refractivity contribution in [2.24, 2.45) is 0 Å². The summed E-state index contributed by atoms with van der Waals surface area (Å²) >= 11 is 0. The minimum Gasteiger partial charge on any atom is -0.309 e. The molecule has 0 radical (unpaired) electrons. The van der Waals surface area contributed by atoms with Crippen LogP contribution in [-0.4, -0.2) is 9.13 Å². The molecule has 0 spiro atoms. The summed E-state index contributed by atoms with van der Waals surface area (Å²) in [7, 11) is 0. The molecule has 0 atom stereocenters. The van der Waals surface area contributed by atoms with Gasteiger partial charge in [-0.1, -0.05) is 182 Å². The number of nitrogens with zero attached hydrogens (tertiary/aromatic N) is 2. The first-order valence-electron chi connectivity index (χ1n) is 21.5. The maximum atomic E-state index is 2.50. The van der Waals surface area contributed by atoms with Crippen LogP contribution in [0.3, 0.4) is 0 Å². The van der Waals surface area contributed by atoms with Crippen molar-refractivity contribution in [3.8, 4) is 55.9 Å². The van der Waals surface area contributed by atoms with Gasteiger partial charge in [0.25, 0.3) is 0 Å². The molecule has 1 aliphatic rings. The third-order valence-corrected chi connectivity index (χ3v) is 13.7. The zero-order chi connectivity index (χ0) is 40.5. The Bertz CT molecular complexity index is 4000. The molecule has 13 aromatic rings. The first kappa shape index (κ1) is 33.6. The SMILES string of the molecule is c1ccc(-n2c3cc(-c4ccc5c6ccccc6n(-c6cccc7c(-c8ccc9c%10c(cccc8%10)-c8ccccc8-9)cccc67)c5c4)ccc3c3ccc4ccccc4c32)cc1. The minimum absolute atomic E-state index is 1.16. The molecular formula is C60H36N2. The fourth-order valence-electron chi connectivity index (χ4n) is 11.0. The molecule has 0 unspecified atom stereocenters. The number of aromatic nitrogens is 2. The molecule has 0 saturated heterocycles. The van der Waals surface area contributed by atoms with Crippen molar-refractivity contribution >= 4 is 75.9 Å². The van der Waals surface area contributed by atoms with E-state index in [9.17, 15) is 0 Å². The number of benzene rings is 11. The van der Waals surface area contributed by atoms with E-state index < -0.39 is 0 Å². The zero-order valence-corrected chi connectivity index (χ0v) is 33.7. The van der Waals surface area contributed by atoms with Gasteiger partial charge in [-0.3, -0.25) is 0 Å². The summed E-state index contributed by atoms with van der Waals surface area (Å²) in [6, 6.07) is 81.0. The van der Waals surface area contributed by atoms with E-state index in [1.807, 2.05) is 0 Å². The number of hydrogen-bond acceptors (Lipinski definition) is 0. The van der Waals surface area contributed by atoms with Crippen LogP contribution in [0.15, 0.2) is 218 Å². The molecule has 1 aliphatic carbocycles. The normalized spacial score (nSPS) is 12.2. The van der Waals surface area contributed by atoms with Crippen molar-refractivity contribution in [3.05, 3.63) is 218 Å². The van der Waals surface area contributed by atoms with E-state index in [1.54, 1.807) is 0 Å². The Balaban J connectivity index is 0.983. The van der Waals surface area contributed by atoms with Crippen LogP contribution in [0, 0.1) is 0 Å². The van der Waals surface area contributed by atoms with Crippen LogP contribution >= 0.6 is 0 Å². The predicted octanol–water partition coefficient (Wildman–Crippen LogP) is 16.3. The Hall–Kier alpha value is -8.20. The van der Waals surface area contributed by atoms with Gasteiger partial charge in [-0.2, -0.15) is 0 Å². The number of fused-ring (bicyclic) bond motifs is 12. The smallest absolute Gasteiger partial charge is 0.0619 e. The molecular weight excluding hydrogens is 749 g/mol. The third-order valence-electron chi connectivity index (χ3n) is 13.7. The van der Waals surface area contributed by atoms with Crippen LogP contribution in [0.2, 0.25) is 0 Å². The highest BCUT2D eigenvalue weighted by atomic mass is 15.0. The van der Waals surface area contributed by atoms with E-state index in [4.69, 9.17) is 0 Å². The predicted molar refractivity (Wildman–Crippen MR) is 263 cm³/mol. The lowest BCUT2D eigenvalue weighted by atomic mass is 9.91. The molecule has 2 aromatic heterocycles. The molecule has 2 heteroatoms. The Labute approximate surface area is 357 Å². The number of para-hydroxylation sites is 2. The molecule has 2 heterocycles. The Morgan fingerprint density at radius 2 is 0.790 bits per heavy atom. The summed E-state index contributed by atoms with van der Waals surface area (Å²) in [5.74, 6) is 0. The third kappa shape index (κ3) is 4.58. The van der Waals surface area contributed by atoms with Crippen molar-refractivity contribution in [1.29, 1.82) is 0 Å². The topological polar surface area (TPSA) is 9.86 Å². The Morgan fingerprint density at radius 3 is 1.61 bits per heavy atom. The summed E-state index contributed by atoms with van der Waals surface area (Å²) in [5, 5.41) is 12.6. The van der Waals surface area contributed by atoms with Crippen molar-refractivity contribution < 1.29 is 0 Å². The highest BCUT2D eigenvalue weighted by Crippen LogP contribution is 2.50. The van der Waals surface area contributed by atoms with Crippen molar-refractivity contribution in [2.75, 3.05) is 0 Å². The van der Waals surface area contributed by atoms with Gasteiger partial charge in [0.1, 0.15) is 0 Å². The van der Waals surface area contributed by atoms with E-state index in [0.717, 1.165) is 5.69 Å². The van der Waals surface area contributed by atoms with E-state index >= 15 is 0 Å². The van der Waals surface area contributed by atoms with Crippen molar-refractivity contribution in [3.63, 3.8) is 0 Å². The van der Waals surface area contributed by atoms with Gasteiger partial charge in [0.15, 0.2) is 0 Å². The van der Waals surface area contributed by atoms with Crippen LogP contribution in [0.5, 0.6) is 0 Å². The largest absolute Gasteiger partial charge is 0.309 e. The van der Waals surface area contributed by atoms with Gasteiger partial charge < -0.3 is 9.13 Å². The van der Waals surface area contributed by atoms with E-state index in [-0.39, 0.29) is 0 Å². The molecule has 0 saturated carbocycles. The van der Waals surface area contributed by atoms with E-state index in [0.29, 0.717) is 0 Å². The van der Waals surface area contributed by atoms with Gasteiger partial charge in [0.05, 0.1) is 27.8 Å².